The van der Waals surface area contributed by atoms with Crippen molar-refractivity contribution in [1.82, 2.24) is 19.9 Å². The summed E-state index contributed by atoms with van der Waals surface area (Å²) in [7, 11) is 0. The number of nitrogens with zero attached hydrogens (tertiary/aromatic N) is 3. The first kappa shape index (κ1) is 15.9. The zero-order valence-electron chi connectivity index (χ0n) is 14.2. The van der Waals surface area contributed by atoms with Crippen LogP contribution in [-0.2, 0) is 6.54 Å². The van der Waals surface area contributed by atoms with Crippen molar-refractivity contribution in [3.8, 4) is 11.5 Å². The molecule has 2 aromatic heterocycles. The molecule has 8 heteroatoms. The van der Waals surface area contributed by atoms with Crippen LogP contribution < -0.4 is 14.8 Å². The average Bonchev–Trinajstić information content (AvgIpc) is 3.28. The molecule has 0 aliphatic carbocycles. The first-order chi connectivity index (χ1) is 12.0. The maximum Gasteiger partial charge on any atom is 0.263 e. The molecule has 1 N–H and O–H groups in total. The van der Waals surface area contributed by atoms with E-state index in [4.69, 9.17) is 9.47 Å². The van der Waals surface area contributed by atoms with Gasteiger partial charge in [0.2, 0.25) is 11.8 Å². The summed E-state index contributed by atoms with van der Waals surface area (Å²) in [6, 6.07) is 5.66. The second-order valence-corrected chi connectivity index (χ2v) is 7.20. The second-order valence-electron chi connectivity index (χ2n) is 6.22. The summed E-state index contributed by atoms with van der Waals surface area (Å²) in [5.74, 6) is 2.45. The van der Waals surface area contributed by atoms with E-state index in [1.54, 1.807) is 0 Å². The molecule has 0 saturated carbocycles. The van der Waals surface area contributed by atoms with Gasteiger partial charge in [0.25, 0.3) is 5.91 Å². The molecule has 1 aromatic carbocycles. The molecule has 1 aliphatic rings. The van der Waals surface area contributed by atoms with E-state index in [0.717, 1.165) is 27.8 Å². The zero-order valence-corrected chi connectivity index (χ0v) is 15.0. The first-order valence-electron chi connectivity index (χ1n) is 8.05. The van der Waals surface area contributed by atoms with E-state index >= 15 is 0 Å². The average molecular weight is 358 g/mol. The molecular formula is C17H18N4O3S. The van der Waals surface area contributed by atoms with Crippen molar-refractivity contribution in [2.45, 2.75) is 33.2 Å². The number of rotatable bonds is 4. The summed E-state index contributed by atoms with van der Waals surface area (Å²) in [5.41, 5.74) is 1.83. The number of carbonyl (C=O) groups is 1. The Balaban J connectivity index is 1.53. The fourth-order valence-corrected chi connectivity index (χ4v) is 3.82. The molecule has 3 aromatic rings. The number of fused-ring (bicyclic) bond motifs is 2. The van der Waals surface area contributed by atoms with Crippen LogP contribution in [0.2, 0.25) is 0 Å². The van der Waals surface area contributed by atoms with Crippen molar-refractivity contribution in [3.63, 3.8) is 0 Å². The van der Waals surface area contributed by atoms with E-state index in [1.807, 2.05) is 29.5 Å². The number of amides is 1. The highest BCUT2D eigenvalue weighted by atomic mass is 32.1. The van der Waals surface area contributed by atoms with Gasteiger partial charge in [-0.25, -0.2) is 0 Å². The maximum atomic E-state index is 12.6. The van der Waals surface area contributed by atoms with Gasteiger partial charge in [0.1, 0.15) is 10.7 Å². The highest BCUT2D eigenvalue weighted by Gasteiger charge is 2.21. The number of thiazole rings is 1. The Bertz CT molecular complexity index is 960. The summed E-state index contributed by atoms with van der Waals surface area (Å²) in [5, 5.41) is 11.4. The van der Waals surface area contributed by atoms with Crippen LogP contribution in [0.4, 0.5) is 0 Å². The van der Waals surface area contributed by atoms with Crippen molar-refractivity contribution in [1.29, 1.82) is 0 Å². The molecule has 0 bridgehead atoms. The Morgan fingerprint density at radius 1 is 1.32 bits per heavy atom. The molecule has 0 radical (unpaired) electrons. The van der Waals surface area contributed by atoms with Crippen molar-refractivity contribution >= 4 is 22.2 Å². The normalized spacial score (nSPS) is 13.0. The molecule has 0 saturated heterocycles. The second kappa shape index (κ2) is 6.03. The summed E-state index contributed by atoms with van der Waals surface area (Å²) in [6.07, 6.45) is 0. The molecule has 0 fully saturated rings. The van der Waals surface area contributed by atoms with Gasteiger partial charge in [-0.1, -0.05) is 31.3 Å². The lowest BCUT2D eigenvalue weighted by molar-refractivity contribution is 0.0954. The number of carbonyl (C=O) groups excluding carboxylic acids is 1. The molecule has 25 heavy (non-hydrogen) atoms. The van der Waals surface area contributed by atoms with E-state index in [2.05, 4.69) is 29.4 Å². The molecule has 0 spiro atoms. The minimum Gasteiger partial charge on any atom is -0.454 e. The Kier molecular flexibility index (Phi) is 3.84. The maximum absolute atomic E-state index is 12.6. The van der Waals surface area contributed by atoms with Crippen LogP contribution in [0.25, 0.3) is 4.96 Å². The Morgan fingerprint density at radius 3 is 2.92 bits per heavy atom. The van der Waals surface area contributed by atoms with Crippen LogP contribution in [-0.4, -0.2) is 27.3 Å². The van der Waals surface area contributed by atoms with E-state index in [1.165, 1.54) is 11.3 Å². The zero-order chi connectivity index (χ0) is 17.6. The fourth-order valence-electron chi connectivity index (χ4n) is 2.83. The summed E-state index contributed by atoms with van der Waals surface area (Å²) < 4.78 is 12.6. The predicted octanol–water partition coefficient (Wildman–Crippen LogP) is 2.88. The van der Waals surface area contributed by atoms with Crippen molar-refractivity contribution in [2.24, 2.45) is 0 Å². The third-order valence-corrected chi connectivity index (χ3v) is 5.26. The summed E-state index contributed by atoms with van der Waals surface area (Å²) >= 11 is 1.36. The number of ether oxygens (including phenoxy) is 2. The number of aromatic nitrogens is 3. The molecule has 3 heterocycles. The van der Waals surface area contributed by atoms with Gasteiger partial charge in [-0.05, 0) is 24.6 Å². The molecule has 4 rings (SSSR count). The van der Waals surface area contributed by atoms with Gasteiger partial charge in [-0.2, -0.15) is 0 Å². The predicted molar refractivity (Wildman–Crippen MR) is 93.4 cm³/mol. The van der Waals surface area contributed by atoms with Crippen LogP contribution in [0.5, 0.6) is 11.5 Å². The third kappa shape index (κ3) is 2.72. The quantitative estimate of drug-likeness (QED) is 0.776. The van der Waals surface area contributed by atoms with E-state index < -0.39 is 0 Å². The van der Waals surface area contributed by atoms with E-state index in [9.17, 15) is 4.79 Å². The minimum absolute atomic E-state index is 0.111. The lowest BCUT2D eigenvalue weighted by Crippen LogP contribution is -2.22. The molecule has 0 unspecified atom stereocenters. The van der Waals surface area contributed by atoms with Crippen molar-refractivity contribution < 1.29 is 14.3 Å². The van der Waals surface area contributed by atoms with Gasteiger partial charge < -0.3 is 14.8 Å². The molecular weight excluding hydrogens is 340 g/mol. The highest BCUT2D eigenvalue weighted by molar-refractivity contribution is 7.19. The number of hydrogen-bond acceptors (Lipinski definition) is 6. The summed E-state index contributed by atoms with van der Waals surface area (Å²) in [4.78, 5) is 14.0. The molecule has 0 atom stereocenters. The largest absolute Gasteiger partial charge is 0.454 e. The fraction of sp³-hybridized carbons (Fsp3) is 0.353. The van der Waals surface area contributed by atoms with Gasteiger partial charge in [0.15, 0.2) is 11.5 Å². The van der Waals surface area contributed by atoms with Gasteiger partial charge >= 0.3 is 0 Å². The number of nitrogens with one attached hydrogen (secondary N) is 1. The standard InChI is InChI=1S/C17H18N4O3S/c1-9(2)15-19-20-17-21(15)10(3)14(25-17)16(22)18-7-11-4-5-12-13(6-11)24-8-23-12/h4-6,9H,7-8H2,1-3H3,(H,18,22). The molecule has 130 valence electrons. The Labute approximate surface area is 148 Å². The number of hydrogen-bond donors (Lipinski definition) is 1. The van der Waals surface area contributed by atoms with E-state index in [-0.39, 0.29) is 18.6 Å². The van der Waals surface area contributed by atoms with Gasteiger partial charge in [-0.15, -0.1) is 10.2 Å². The minimum atomic E-state index is -0.111. The van der Waals surface area contributed by atoms with Crippen LogP contribution in [0.1, 0.15) is 46.5 Å². The van der Waals surface area contributed by atoms with Crippen LogP contribution in [0.15, 0.2) is 18.2 Å². The van der Waals surface area contributed by atoms with Gasteiger partial charge in [0.05, 0.1) is 0 Å². The van der Waals surface area contributed by atoms with Gasteiger partial charge in [-0.3, -0.25) is 9.20 Å². The third-order valence-electron chi connectivity index (χ3n) is 4.13. The summed E-state index contributed by atoms with van der Waals surface area (Å²) in [6.45, 7) is 6.71. The van der Waals surface area contributed by atoms with Crippen LogP contribution in [0, 0.1) is 6.92 Å². The molecule has 1 amide bonds. The topological polar surface area (TPSA) is 77.8 Å². The molecule has 1 aliphatic heterocycles. The highest BCUT2D eigenvalue weighted by Crippen LogP contribution is 2.32. The number of aryl methyl sites for hydroxylation is 1. The van der Waals surface area contributed by atoms with E-state index in [0.29, 0.717) is 17.2 Å². The lowest BCUT2D eigenvalue weighted by atomic mass is 10.2. The van der Waals surface area contributed by atoms with Crippen molar-refractivity contribution in [3.05, 3.63) is 40.2 Å². The monoisotopic (exact) mass is 358 g/mol. The Morgan fingerprint density at radius 2 is 2.12 bits per heavy atom. The van der Waals surface area contributed by atoms with Crippen molar-refractivity contribution in [2.75, 3.05) is 6.79 Å². The van der Waals surface area contributed by atoms with Crippen LogP contribution in [0.3, 0.4) is 0 Å². The molecule has 7 nitrogen and oxygen atoms in total. The SMILES string of the molecule is Cc1c(C(=O)NCc2ccc3c(c2)OCO3)sc2nnc(C(C)C)n12. The first-order valence-corrected chi connectivity index (χ1v) is 8.87. The number of benzene rings is 1. The Hall–Kier alpha value is -2.61. The smallest absolute Gasteiger partial charge is 0.263 e. The van der Waals surface area contributed by atoms with Gasteiger partial charge in [0, 0.05) is 18.2 Å². The lowest BCUT2D eigenvalue weighted by Gasteiger charge is -2.06. The van der Waals surface area contributed by atoms with Crippen LogP contribution >= 0.6 is 11.3 Å².